The highest BCUT2D eigenvalue weighted by Crippen LogP contribution is 2.54. The van der Waals surface area contributed by atoms with Crippen molar-refractivity contribution in [3.8, 4) is 44.5 Å². The molecule has 1 aliphatic carbocycles. The first kappa shape index (κ1) is 39.6. The molecule has 0 unspecified atom stereocenters. The number of anilines is 3. The Balaban J connectivity index is 1.18. The van der Waals surface area contributed by atoms with Crippen molar-refractivity contribution in [2.24, 2.45) is 0 Å². The van der Waals surface area contributed by atoms with Crippen LogP contribution in [0.15, 0.2) is 229 Å². The van der Waals surface area contributed by atoms with Crippen LogP contribution in [0.25, 0.3) is 77.2 Å². The van der Waals surface area contributed by atoms with Gasteiger partial charge in [0.1, 0.15) is 11.2 Å². The topological polar surface area (TPSA) is 16.4 Å². The second-order valence-electron chi connectivity index (χ2n) is 18.8. The van der Waals surface area contributed by atoms with Gasteiger partial charge in [0.25, 0.3) is 0 Å². The highest BCUT2D eigenvalue weighted by atomic mass is 16.3. The maximum absolute atomic E-state index is 6.49. The number of nitrogens with zero attached hydrogens (tertiary/aromatic N) is 1. The summed E-state index contributed by atoms with van der Waals surface area (Å²) in [7, 11) is 0. The van der Waals surface area contributed by atoms with Crippen LogP contribution in [0.5, 0.6) is 0 Å². The standard InChI is InChI=1S/C64H49NO/c1-63(2,44-23-9-6-10-24-44)45-35-39-57(53(40-45)42-20-7-5-8-21-42)65(46-36-37-56-54(41-46)49-27-15-17-31-55(49)64(56,3)4)58-38-34-43-22-11-12-25-47(43)61(58)50-28-14-13-26-48(50)51-30-19-33-60-62(51)52-29-16-18-32-59(52)66-60/h5-41H,1-4H3. The number of hydrogen-bond acceptors (Lipinski definition) is 2. The Morgan fingerprint density at radius 1 is 0.409 bits per heavy atom. The molecule has 1 aromatic heterocycles. The summed E-state index contributed by atoms with van der Waals surface area (Å²) in [5.41, 5.74) is 19.5. The van der Waals surface area contributed by atoms with Crippen molar-refractivity contribution in [1.29, 1.82) is 0 Å². The number of furan rings is 1. The summed E-state index contributed by atoms with van der Waals surface area (Å²) >= 11 is 0. The molecule has 0 N–H and O–H groups in total. The zero-order chi connectivity index (χ0) is 44.6. The van der Waals surface area contributed by atoms with Gasteiger partial charge in [0.15, 0.2) is 0 Å². The van der Waals surface area contributed by atoms with E-state index in [1.54, 1.807) is 0 Å². The van der Waals surface area contributed by atoms with Crippen LogP contribution < -0.4 is 4.90 Å². The van der Waals surface area contributed by atoms with E-state index >= 15 is 0 Å². The van der Waals surface area contributed by atoms with Crippen molar-refractivity contribution in [2.45, 2.75) is 38.5 Å². The third kappa shape index (κ3) is 6.24. The van der Waals surface area contributed by atoms with Gasteiger partial charge in [-0.1, -0.05) is 210 Å². The molecule has 316 valence electrons. The van der Waals surface area contributed by atoms with E-state index in [-0.39, 0.29) is 10.8 Å². The number of fused-ring (bicyclic) bond motifs is 7. The summed E-state index contributed by atoms with van der Waals surface area (Å²) in [6.45, 7) is 9.40. The first-order valence-corrected chi connectivity index (χ1v) is 23.1. The maximum Gasteiger partial charge on any atom is 0.136 e. The lowest BCUT2D eigenvalue weighted by Gasteiger charge is -2.33. The Morgan fingerprint density at radius 2 is 1.03 bits per heavy atom. The van der Waals surface area contributed by atoms with E-state index in [1.807, 2.05) is 6.07 Å². The fraction of sp³-hybridized carbons (Fsp3) is 0.0938. The fourth-order valence-corrected chi connectivity index (χ4v) is 10.9. The van der Waals surface area contributed by atoms with Gasteiger partial charge in [0.05, 0.1) is 11.4 Å². The van der Waals surface area contributed by atoms with Gasteiger partial charge < -0.3 is 9.32 Å². The van der Waals surface area contributed by atoms with Crippen molar-refractivity contribution in [1.82, 2.24) is 0 Å². The molecule has 0 saturated heterocycles. The van der Waals surface area contributed by atoms with Crippen molar-refractivity contribution >= 4 is 49.8 Å². The van der Waals surface area contributed by atoms with Crippen molar-refractivity contribution in [2.75, 3.05) is 4.90 Å². The van der Waals surface area contributed by atoms with E-state index in [0.717, 1.165) is 61.3 Å². The van der Waals surface area contributed by atoms with Gasteiger partial charge in [0, 0.05) is 38.4 Å². The lowest BCUT2D eigenvalue weighted by molar-refractivity contribution is 0.641. The summed E-state index contributed by atoms with van der Waals surface area (Å²) in [6.07, 6.45) is 0. The van der Waals surface area contributed by atoms with Crippen molar-refractivity contribution in [3.05, 3.63) is 247 Å². The van der Waals surface area contributed by atoms with Gasteiger partial charge in [-0.05, 0) is 109 Å². The van der Waals surface area contributed by atoms with Gasteiger partial charge >= 0.3 is 0 Å². The highest BCUT2D eigenvalue weighted by molar-refractivity contribution is 6.16. The fourth-order valence-electron chi connectivity index (χ4n) is 10.9. The molecule has 0 amide bonds. The van der Waals surface area contributed by atoms with E-state index in [9.17, 15) is 0 Å². The van der Waals surface area contributed by atoms with Crippen LogP contribution in [0.2, 0.25) is 0 Å². The largest absolute Gasteiger partial charge is 0.456 e. The van der Waals surface area contributed by atoms with Crippen LogP contribution in [0, 0.1) is 0 Å². The minimum absolute atomic E-state index is 0.125. The molecule has 1 heterocycles. The lowest BCUT2D eigenvalue weighted by atomic mass is 9.77. The normalized spacial score (nSPS) is 13.0. The molecule has 0 aliphatic heterocycles. The smallest absolute Gasteiger partial charge is 0.136 e. The molecule has 2 heteroatoms. The van der Waals surface area contributed by atoms with Gasteiger partial charge in [-0.25, -0.2) is 0 Å². The number of para-hydroxylation sites is 1. The van der Waals surface area contributed by atoms with E-state index in [4.69, 9.17) is 4.42 Å². The Morgan fingerprint density at radius 3 is 1.85 bits per heavy atom. The Hall–Kier alpha value is -7.94. The predicted molar refractivity (Wildman–Crippen MR) is 278 cm³/mol. The van der Waals surface area contributed by atoms with Gasteiger partial charge in [-0.15, -0.1) is 0 Å². The summed E-state index contributed by atoms with van der Waals surface area (Å²) in [6, 6.07) is 82.5. The predicted octanol–water partition coefficient (Wildman–Crippen LogP) is 17.8. The first-order chi connectivity index (χ1) is 32.3. The molecule has 0 saturated carbocycles. The Bertz CT molecular complexity index is 3650. The second kappa shape index (κ2) is 15.4. The van der Waals surface area contributed by atoms with Gasteiger partial charge in [-0.3, -0.25) is 0 Å². The Kier molecular flexibility index (Phi) is 9.22. The van der Waals surface area contributed by atoms with Crippen LogP contribution >= 0.6 is 0 Å². The first-order valence-electron chi connectivity index (χ1n) is 23.1. The molecule has 0 bridgehead atoms. The average molecular weight is 848 g/mol. The monoisotopic (exact) mass is 847 g/mol. The molecule has 2 nitrogen and oxygen atoms in total. The quantitative estimate of drug-likeness (QED) is 0.151. The molecule has 0 atom stereocenters. The molecule has 11 aromatic rings. The third-order valence-corrected chi connectivity index (χ3v) is 14.4. The minimum Gasteiger partial charge on any atom is -0.456 e. The summed E-state index contributed by atoms with van der Waals surface area (Å²) in [4.78, 5) is 2.54. The van der Waals surface area contributed by atoms with Gasteiger partial charge in [-0.2, -0.15) is 0 Å². The van der Waals surface area contributed by atoms with Crippen LogP contribution in [0.4, 0.5) is 17.1 Å². The number of hydrogen-bond donors (Lipinski definition) is 0. The molecule has 0 fully saturated rings. The molecule has 10 aromatic carbocycles. The molecular formula is C64H49NO. The van der Waals surface area contributed by atoms with Crippen LogP contribution in [0.1, 0.15) is 49.9 Å². The molecule has 0 spiro atoms. The summed E-state index contributed by atoms with van der Waals surface area (Å²) < 4.78 is 6.49. The number of rotatable bonds is 8. The summed E-state index contributed by atoms with van der Waals surface area (Å²) in [5, 5.41) is 4.62. The van der Waals surface area contributed by atoms with Crippen molar-refractivity contribution in [3.63, 3.8) is 0 Å². The summed E-state index contributed by atoms with van der Waals surface area (Å²) in [5.74, 6) is 0. The van der Waals surface area contributed by atoms with Crippen LogP contribution in [-0.2, 0) is 10.8 Å². The minimum atomic E-state index is -0.248. The molecular weight excluding hydrogens is 799 g/mol. The third-order valence-electron chi connectivity index (χ3n) is 14.4. The molecule has 1 aliphatic rings. The lowest BCUT2D eigenvalue weighted by Crippen LogP contribution is -2.20. The molecule has 0 radical (unpaired) electrons. The molecule has 66 heavy (non-hydrogen) atoms. The average Bonchev–Trinajstić information content (AvgIpc) is 3.86. The molecule has 12 rings (SSSR count). The SMILES string of the molecule is CC(C)(c1ccccc1)c1ccc(N(c2ccc3c(c2)-c2ccccc2C3(C)C)c2ccc3ccccc3c2-c2ccccc2-c2cccc3oc4ccccc4c23)c(-c2ccccc2)c1. The zero-order valence-corrected chi connectivity index (χ0v) is 37.7. The maximum atomic E-state index is 6.49. The van der Waals surface area contributed by atoms with E-state index < -0.39 is 0 Å². The van der Waals surface area contributed by atoms with E-state index in [0.29, 0.717) is 0 Å². The Labute approximate surface area is 387 Å². The van der Waals surface area contributed by atoms with E-state index in [2.05, 4.69) is 251 Å². The van der Waals surface area contributed by atoms with Gasteiger partial charge in [0.2, 0.25) is 0 Å². The van der Waals surface area contributed by atoms with Crippen molar-refractivity contribution < 1.29 is 4.42 Å². The van der Waals surface area contributed by atoms with E-state index in [1.165, 1.54) is 55.3 Å². The van der Waals surface area contributed by atoms with Crippen LogP contribution in [0.3, 0.4) is 0 Å². The van der Waals surface area contributed by atoms with Crippen LogP contribution in [-0.4, -0.2) is 0 Å². The highest BCUT2D eigenvalue weighted by Gasteiger charge is 2.36. The second-order valence-corrected chi connectivity index (χ2v) is 18.8. The number of benzene rings is 10. The zero-order valence-electron chi connectivity index (χ0n) is 37.7.